The number of aromatic carboxylic acids is 1. The summed E-state index contributed by atoms with van der Waals surface area (Å²) in [4.78, 5) is 16.3. The molecule has 0 saturated carbocycles. The van der Waals surface area contributed by atoms with Crippen LogP contribution in [0.15, 0.2) is 64.5 Å². The minimum Gasteiger partial charge on any atom is -0.478 e. The molecular weight excluding hydrogens is 289 g/mol. The number of pyridine rings is 1. The van der Waals surface area contributed by atoms with Gasteiger partial charge in [0.2, 0.25) is 0 Å². The van der Waals surface area contributed by atoms with Gasteiger partial charge in [-0.05, 0) is 42.5 Å². The molecule has 0 fully saturated rings. The Morgan fingerprint density at radius 1 is 1.10 bits per heavy atom. The lowest BCUT2D eigenvalue weighted by Gasteiger charge is -2.05. The van der Waals surface area contributed by atoms with Gasteiger partial charge in [0.05, 0.1) is 11.1 Å². The van der Waals surface area contributed by atoms with Crippen LogP contribution in [0, 0.1) is 5.82 Å². The van der Waals surface area contributed by atoms with Gasteiger partial charge in [-0.3, -0.25) is 0 Å². The van der Waals surface area contributed by atoms with Gasteiger partial charge in [0.1, 0.15) is 10.8 Å². The van der Waals surface area contributed by atoms with Crippen LogP contribution in [0.3, 0.4) is 0 Å². The summed E-state index contributed by atoms with van der Waals surface area (Å²) in [6.07, 6.45) is 0. The highest BCUT2D eigenvalue weighted by Crippen LogP contribution is 2.28. The van der Waals surface area contributed by atoms with Gasteiger partial charge >= 0.3 is 5.97 Å². The van der Waals surface area contributed by atoms with Crippen molar-refractivity contribution in [1.82, 2.24) is 4.98 Å². The summed E-state index contributed by atoms with van der Waals surface area (Å²) in [5.74, 6) is -1.28. The predicted molar refractivity (Wildman–Crippen MR) is 79.2 cm³/mol. The maximum absolute atomic E-state index is 13.2. The Morgan fingerprint density at radius 2 is 1.90 bits per heavy atom. The first kappa shape index (κ1) is 13.6. The largest absolute Gasteiger partial charge is 0.478 e. The summed E-state index contributed by atoms with van der Waals surface area (Å²) in [7, 11) is 0. The van der Waals surface area contributed by atoms with E-state index in [1.54, 1.807) is 42.5 Å². The van der Waals surface area contributed by atoms with Crippen molar-refractivity contribution >= 4 is 28.6 Å². The first-order valence-electron chi connectivity index (χ1n) is 6.20. The number of fused-ring (bicyclic) bond motifs is 1. The average molecular weight is 299 g/mol. The van der Waals surface area contributed by atoms with Gasteiger partial charge in [-0.25, -0.2) is 14.2 Å². The van der Waals surface area contributed by atoms with Crippen LogP contribution in [0.2, 0.25) is 0 Å². The van der Waals surface area contributed by atoms with Crippen molar-refractivity contribution in [2.24, 2.45) is 0 Å². The predicted octanol–water partition coefficient (Wildman–Crippen LogP) is 4.22. The summed E-state index contributed by atoms with van der Waals surface area (Å²) in [5.41, 5.74) is 0.832. The number of hydrogen-bond donors (Lipinski definition) is 1. The molecule has 104 valence electrons. The van der Waals surface area contributed by atoms with Crippen molar-refractivity contribution in [3.05, 3.63) is 66.0 Å². The van der Waals surface area contributed by atoms with E-state index in [2.05, 4.69) is 4.98 Å². The minimum atomic E-state index is -0.979. The van der Waals surface area contributed by atoms with Gasteiger partial charge in [-0.2, -0.15) is 0 Å². The minimum absolute atomic E-state index is 0.224. The molecule has 0 atom stereocenters. The summed E-state index contributed by atoms with van der Waals surface area (Å²) in [5, 5.41) is 10.4. The third-order valence-electron chi connectivity index (χ3n) is 2.96. The van der Waals surface area contributed by atoms with E-state index in [1.807, 2.05) is 0 Å². The zero-order valence-electron chi connectivity index (χ0n) is 10.8. The lowest BCUT2D eigenvalue weighted by molar-refractivity contribution is 0.0699. The van der Waals surface area contributed by atoms with E-state index in [0.717, 1.165) is 4.90 Å². The number of aromatic nitrogens is 1. The zero-order chi connectivity index (χ0) is 14.8. The van der Waals surface area contributed by atoms with Crippen LogP contribution in [0.5, 0.6) is 0 Å². The lowest BCUT2D eigenvalue weighted by atomic mass is 10.1. The molecule has 2 aromatic carbocycles. The van der Waals surface area contributed by atoms with Gasteiger partial charge in [0.25, 0.3) is 0 Å². The van der Waals surface area contributed by atoms with E-state index in [0.29, 0.717) is 15.9 Å². The molecule has 0 aliphatic rings. The average Bonchev–Trinajstić information content (AvgIpc) is 2.46. The molecule has 1 aromatic heterocycles. The maximum Gasteiger partial charge on any atom is 0.336 e. The van der Waals surface area contributed by atoms with Gasteiger partial charge in [-0.1, -0.05) is 23.9 Å². The smallest absolute Gasteiger partial charge is 0.336 e. The quantitative estimate of drug-likeness (QED) is 0.786. The Hall–Kier alpha value is -2.40. The highest BCUT2D eigenvalue weighted by molar-refractivity contribution is 7.99. The summed E-state index contributed by atoms with van der Waals surface area (Å²) >= 11 is 1.33. The topological polar surface area (TPSA) is 50.2 Å². The summed E-state index contributed by atoms with van der Waals surface area (Å²) in [6, 6.07) is 14.7. The monoisotopic (exact) mass is 299 g/mol. The van der Waals surface area contributed by atoms with E-state index in [4.69, 9.17) is 5.11 Å². The zero-order valence-corrected chi connectivity index (χ0v) is 11.6. The van der Waals surface area contributed by atoms with Gasteiger partial charge in [0.15, 0.2) is 0 Å². The van der Waals surface area contributed by atoms with Crippen LogP contribution >= 0.6 is 11.8 Å². The van der Waals surface area contributed by atoms with Crippen molar-refractivity contribution in [3.63, 3.8) is 0 Å². The maximum atomic E-state index is 13.2. The molecule has 1 heterocycles. The number of carboxylic acids is 1. The molecule has 0 spiro atoms. The number of hydrogen-bond acceptors (Lipinski definition) is 3. The number of benzene rings is 2. The van der Waals surface area contributed by atoms with E-state index in [1.165, 1.54) is 23.9 Å². The number of nitrogens with zero attached hydrogens (tertiary/aromatic N) is 1. The molecule has 3 nitrogen and oxygen atoms in total. The number of carbonyl (C=O) groups is 1. The fourth-order valence-electron chi connectivity index (χ4n) is 2.03. The van der Waals surface area contributed by atoms with E-state index in [-0.39, 0.29) is 11.4 Å². The van der Waals surface area contributed by atoms with Crippen molar-refractivity contribution < 1.29 is 14.3 Å². The Bertz CT molecular complexity index is 835. The standard InChI is InChI=1S/C16H10FNO2S/c17-10-3-1-4-11(9-10)21-15-8-7-12-13(16(19)20)5-2-6-14(12)18-15/h1-9H,(H,19,20). The van der Waals surface area contributed by atoms with Gasteiger partial charge in [0, 0.05) is 10.3 Å². The molecule has 0 unspecified atom stereocenters. The second-order valence-electron chi connectivity index (χ2n) is 4.39. The molecule has 0 bridgehead atoms. The number of carboxylic acid groups (broad SMARTS) is 1. The number of halogens is 1. The van der Waals surface area contributed by atoms with E-state index in [9.17, 15) is 9.18 Å². The Morgan fingerprint density at radius 3 is 2.67 bits per heavy atom. The second-order valence-corrected chi connectivity index (χ2v) is 5.48. The van der Waals surface area contributed by atoms with Crippen LogP contribution in [-0.2, 0) is 0 Å². The molecule has 3 aromatic rings. The van der Waals surface area contributed by atoms with Crippen molar-refractivity contribution in [2.45, 2.75) is 9.92 Å². The molecule has 3 rings (SSSR count). The molecule has 0 amide bonds. The molecule has 1 N–H and O–H groups in total. The Balaban J connectivity index is 2.00. The molecule has 5 heteroatoms. The normalized spacial score (nSPS) is 10.7. The highest BCUT2D eigenvalue weighted by atomic mass is 32.2. The number of rotatable bonds is 3. The lowest BCUT2D eigenvalue weighted by Crippen LogP contribution is -1.97. The molecule has 21 heavy (non-hydrogen) atoms. The molecule has 0 radical (unpaired) electrons. The third-order valence-corrected chi connectivity index (χ3v) is 3.88. The van der Waals surface area contributed by atoms with Crippen molar-refractivity contribution in [3.8, 4) is 0 Å². The van der Waals surface area contributed by atoms with Crippen LogP contribution < -0.4 is 0 Å². The van der Waals surface area contributed by atoms with Crippen LogP contribution in [0.1, 0.15) is 10.4 Å². The van der Waals surface area contributed by atoms with Gasteiger partial charge < -0.3 is 5.11 Å². The summed E-state index contributed by atoms with van der Waals surface area (Å²) in [6.45, 7) is 0. The molecule has 0 saturated heterocycles. The molecule has 0 aliphatic heterocycles. The highest BCUT2D eigenvalue weighted by Gasteiger charge is 2.09. The second kappa shape index (κ2) is 5.54. The SMILES string of the molecule is O=C(O)c1cccc2nc(Sc3cccc(F)c3)ccc12. The van der Waals surface area contributed by atoms with Crippen LogP contribution in [0.25, 0.3) is 10.9 Å². The molecular formula is C16H10FNO2S. The van der Waals surface area contributed by atoms with Crippen molar-refractivity contribution in [1.29, 1.82) is 0 Å². The van der Waals surface area contributed by atoms with Crippen LogP contribution in [0.4, 0.5) is 4.39 Å². The first-order valence-corrected chi connectivity index (χ1v) is 7.01. The Kier molecular flexibility index (Phi) is 3.58. The first-order chi connectivity index (χ1) is 10.1. The third kappa shape index (κ3) is 2.87. The van der Waals surface area contributed by atoms with E-state index < -0.39 is 5.97 Å². The fourth-order valence-corrected chi connectivity index (χ4v) is 2.87. The summed E-state index contributed by atoms with van der Waals surface area (Å²) < 4.78 is 13.2. The van der Waals surface area contributed by atoms with Crippen LogP contribution in [-0.4, -0.2) is 16.1 Å². The fraction of sp³-hybridized carbons (Fsp3) is 0. The molecule has 0 aliphatic carbocycles. The van der Waals surface area contributed by atoms with Crippen molar-refractivity contribution in [2.75, 3.05) is 0 Å². The van der Waals surface area contributed by atoms with E-state index >= 15 is 0 Å². The van der Waals surface area contributed by atoms with Gasteiger partial charge in [-0.15, -0.1) is 0 Å². The Labute approximate surface area is 124 Å².